The summed E-state index contributed by atoms with van der Waals surface area (Å²) in [5, 5.41) is 10.7. The second kappa shape index (κ2) is 6.34. The maximum Gasteiger partial charge on any atom is 0.224 e. The van der Waals surface area contributed by atoms with Gasteiger partial charge in [0.05, 0.1) is 5.92 Å². The van der Waals surface area contributed by atoms with Crippen molar-refractivity contribution in [1.82, 2.24) is 10.6 Å². The molecule has 1 fully saturated rings. The lowest BCUT2D eigenvalue weighted by Gasteiger charge is -2.33. The lowest BCUT2D eigenvalue weighted by Crippen LogP contribution is -2.46. The van der Waals surface area contributed by atoms with Crippen LogP contribution in [-0.4, -0.2) is 19.0 Å². The van der Waals surface area contributed by atoms with E-state index in [1.54, 1.807) is 18.4 Å². The predicted octanol–water partition coefficient (Wildman–Crippen LogP) is 2.70. The van der Waals surface area contributed by atoms with Gasteiger partial charge in [-0.05, 0) is 42.2 Å². The Morgan fingerprint density at radius 1 is 1.44 bits per heavy atom. The van der Waals surface area contributed by atoms with Crippen LogP contribution in [0.1, 0.15) is 44.2 Å². The summed E-state index contributed by atoms with van der Waals surface area (Å²) in [6, 6.07) is 2.79. The van der Waals surface area contributed by atoms with E-state index in [4.69, 9.17) is 0 Å². The van der Waals surface area contributed by atoms with Crippen molar-refractivity contribution in [3.8, 4) is 0 Å². The fourth-order valence-electron chi connectivity index (χ4n) is 2.77. The van der Waals surface area contributed by atoms with Crippen molar-refractivity contribution < 1.29 is 4.79 Å². The van der Waals surface area contributed by atoms with Gasteiger partial charge in [-0.15, -0.1) is 0 Å². The van der Waals surface area contributed by atoms with Gasteiger partial charge in [0.15, 0.2) is 0 Å². The van der Waals surface area contributed by atoms with Gasteiger partial charge in [0.1, 0.15) is 0 Å². The SMILES string of the molecule is CNC(=O)[C@@H]1CCCC[C@H]1N[C@H](C)c1ccsc1. The minimum Gasteiger partial charge on any atom is -0.359 e. The molecule has 2 rings (SSSR count). The van der Waals surface area contributed by atoms with E-state index >= 15 is 0 Å². The molecule has 1 heterocycles. The number of carbonyl (C=O) groups is 1. The highest BCUT2D eigenvalue weighted by Crippen LogP contribution is 2.27. The summed E-state index contributed by atoms with van der Waals surface area (Å²) < 4.78 is 0. The summed E-state index contributed by atoms with van der Waals surface area (Å²) in [6.07, 6.45) is 4.50. The number of hydrogen-bond donors (Lipinski definition) is 2. The van der Waals surface area contributed by atoms with Crippen LogP contribution in [0, 0.1) is 5.92 Å². The smallest absolute Gasteiger partial charge is 0.224 e. The van der Waals surface area contributed by atoms with Crippen molar-refractivity contribution in [2.75, 3.05) is 7.05 Å². The number of hydrogen-bond acceptors (Lipinski definition) is 3. The Morgan fingerprint density at radius 3 is 2.89 bits per heavy atom. The lowest BCUT2D eigenvalue weighted by atomic mass is 9.83. The van der Waals surface area contributed by atoms with E-state index in [9.17, 15) is 4.79 Å². The molecule has 2 N–H and O–H groups in total. The Hall–Kier alpha value is -0.870. The van der Waals surface area contributed by atoms with Crippen molar-refractivity contribution in [2.24, 2.45) is 5.92 Å². The minimum atomic E-state index is 0.129. The van der Waals surface area contributed by atoms with Crippen molar-refractivity contribution in [1.29, 1.82) is 0 Å². The molecular formula is C14H22N2OS. The number of nitrogens with one attached hydrogen (secondary N) is 2. The topological polar surface area (TPSA) is 41.1 Å². The van der Waals surface area contributed by atoms with Gasteiger partial charge in [-0.2, -0.15) is 11.3 Å². The molecule has 0 aliphatic heterocycles. The minimum absolute atomic E-state index is 0.129. The van der Waals surface area contributed by atoms with Crippen molar-refractivity contribution >= 4 is 17.2 Å². The molecule has 0 aromatic carbocycles. The van der Waals surface area contributed by atoms with Crippen LogP contribution >= 0.6 is 11.3 Å². The lowest BCUT2D eigenvalue weighted by molar-refractivity contribution is -0.126. The van der Waals surface area contributed by atoms with Gasteiger partial charge in [0.2, 0.25) is 5.91 Å². The molecule has 4 heteroatoms. The van der Waals surface area contributed by atoms with Crippen molar-refractivity contribution in [2.45, 2.75) is 44.7 Å². The molecular weight excluding hydrogens is 244 g/mol. The van der Waals surface area contributed by atoms with E-state index in [2.05, 4.69) is 34.4 Å². The van der Waals surface area contributed by atoms with Gasteiger partial charge in [-0.25, -0.2) is 0 Å². The fourth-order valence-corrected chi connectivity index (χ4v) is 3.52. The van der Waals surface area contributed by atoms with Crippen LogP contribution in [0.3, 0.4) is 0 Å². The molecule has 0 unspecified atom stereocenters. The van der Waals surface area contributed by atoms with Crippen LogP contribution in [0.4, 0.5) is 0 Å². The van der Waals surface area contributed by atoms with Gasteiger partial charge in [-0.3, -0.25) is 4.79 Å². The average molecular weight is 266 g/mol. The van der Waals surface area contributed by atoms with Gasteiger partial charge in [0, 0.05) is 19.1 Å². The summed E-state index contributed by atoms with van der Waals surface area (Å²) in [4.78, 5) is 11.9. The number of thiophene rings is 1. The quantitative estimate of drug-likeness (QED) is 0.880. The van der Waals surface area contributed by atoms with Crippen LogP contribution in [0.25, 0.3) is 0 Å². The molecule has 1 aromatic heterocycles. The maximum atomic E-state index is 11.9. The van der Waals surface area contributed by atoms with E-state index in [-0.39, 0.29) is 11.8 Å². The largest absolute Gasteiger partial charge is 0.359 e. The summed E-state index contributed by atoms with van der Waals surface area (Å²) in [5.74, 6) is 0.314. The summed E-state index contributed by atoms with van der Waals surface area (Å²) >= 11 is 1.72. The highest BCUT2D eigenvalue weighted by Gasteiger charge is 2.31. The Kier molecular flexibility index (Phi) is 4.78. The summed E-state index contributed by atoms with van der Waals surface area (Å²) in [7, 11) is 1.73. The molecule has 3 nitrogen and oxygen atoms in total. The molecule has 0 saturated heterocycles. The zero-order valence-electron chi connectivity index (χ0n) is 11.1. The number of rotatable bonds is 4. The molecule has 0 spiro atoms. The first-order valence-electron chi connectivity index (χ1n) is 6.72. The third-order valence-corrected chi connectivity index (χ3v) is 4.56. The Labute approximate surface area is 113 Å². The standard InChI is InChI=1S/C14H22N2OS/c1-10(11-7-8-18-9-11)16-13-6-4-3-5-12(13)14(17)15-2/h7-10,12-13,16H,3-6H2,1-2H3,(H,15,17)/t10-,12-,13-/m1/s1. The zero-order valence-corrected chi connectivity index (χ0v) is 11.9. The second-order valence-electron chi connectivity index (χ2n) is 5.06. The number of amides is 1. The molecule has 1 aromatic rings. The third kappa shape index (κ3) is 3.12. The summed E-state index contributed by atoms with van der Waals surface area (Å²) in [6.45, 7) is 2.18. The van der Waals surface area contributed by atoms with Gasteiger partial charge >= 0.3 is 0 Å². The highest BCUT2D eigenvalue weighted by molar-refractivity contribution is 7.07. The molecule has 1 aliphatic carbocycles. The highest BCUT2D eigenvalue weighted by atomic mass is 32.1. The molecule has 3 atom stereocenters. The van der Waals surface area contributed by atoms with E-state index in [0.717, 1.165) is 12.8 Å². The van der Waals surface area contributed by atoms with Crippen LogP contribution in [0.5, 0.6) is 0 Å². The van der Waals surface area contributed by atoms with E-state index in [1.807, 2.05) is 0 Å². The monoisotopic (exact) mass is 266 g/mol. The van der Waals surface area contributed by atoms with Crippen LogP contribution in [0.15, 0.2) is 16.8 Å². The van der Waals surface area contributed by atoms with Gasteiger partial charge in [-0.1, -0.05) is 12.8 Å². The van der Waals surface area contributed by atoms with Gasteiger partial charge in [0.25, 0.3) is 0 Å². The normalized spacial score (nSPS) is 25.7. The van der Waals surface area contributed by atoms with E-state index in [0.29, 0.717) is 12.1 Å². The van der Waals surface area contributed by atoms with E-state index < -0.39 is 0 Å². The molecule has 0 radical (unpaired) electrons. The first-order chi connectivity index (χ1) is 8.72. The first-order valence-corrected chi connectivity index (χ1v) is 7.66. The maximum absolute atomic E-state index is 11.9. The first kappa shape index (κ1) is 13.6. The van der Waals surface area contributed by atoms with Gasteiger partial charge < -0.3 is 10.6 Å². The average Bonchev–Trinajstić information content (AvgIpc) is 2.92. The fraction of sp³-hybridized carbons (Fsp3) is 0.643. The Morgan fingerprint density at radius 2 is 2.22 bits per heavy atom. The Bertz CT molecular complexity index is 377. The molecule has 100 valence electrons. The number of carbonyl (C=O) groups excluding carboxylic acids is 1. The molecule has 0 bridgehead atoms. The van der Waals surface area contributed by atoms with Crippen LogP contribution < -0.4 is 10.6 Å². The van der Waals surface area contributed by atoms with Crippen molar-refractivity contribution in [3.05, 3.63) is 22.4 Å². The molecule has 1 saturated carbocycles. The molecule has 1 amide bonds. The van der Waals surface area contributed by atoms with Crippen LogP contribution in [-0.2, 0) is 4.79 Å². The Balaban J connectivity index is 1.99. The van der Waals surface area contributed by atoms with Crippen LogP contribution in [0.2, 0.25) is 0 Å². The zero-order chi connectivity index (χ0) is 13.0. The summed E-state index contributed by atoms with van der Waals surface area (Å²) in [5.41, 5.74) is 1.32. The van der Waals surface area contributed by atoms with Crippen molar-refractivity contribution in [3.63, 3.8) is 0 Å². The third-order valence-electron chi connectivity index (χ3n) is 3.86. The predicted molar refractivity (Wildman–Crippen MR) is 75.7 cm³/mol. The molecule has 18 heavy (non-hydrogen) atoms. The van der Waals surface area contributed by atoms with E-state index in [1.165, 1.54) is 18.4 Å². The second-order valence-corrected chi connectivity index (χ2v) is 5.84. The molecule has 1 aliphatic rings.